The molecule has 0 saturated carbocycles. The number of primary amides is 1. The summed E-state index contributed by atoms with van der Waals surface area (Å²) in [4.78, 5) is 89.4. The Labute approximate surface area is 412 Å². The van der Waals surface area contributed by atoms with Crippen LogP contribution in [0.2, 0.25) is 0 Å². The summed E-state index contributed by atoms with van der Waals surface area (Å²) in [5, 5.41) is 42.6. The zero-order valence-electron chi connectivity index (χ0n) is 41.0. The van der Waals surface area contributed by atoms with Crippen LogP contribution in [-0.2, 0) is 46.6 Å². The molecular weight excluding hydrogens is 897 g/mol. The first-order valence-corrected chi connectivity index (χ1v) is 24.7. The maximum atomic E-state index is 13.7. The Balaban J connectivity index is 1.34. The molecule has 384 valence electrons. The number of nitrogens with two attached hydrogens (primary N) is 1. The standard InChI is InChI=1S/C53H76N6O11/c1-4-36(2)46(50(65)56-43(34-60)49(54)64)59-51(66)47(37(3)61)57-44(62)27-21-13-11-9-7-5-6-8-10-12-14-22-28-45(63)58-48(52(67)55-42(53(68)69)33-38-23-17-15-18-24-38)40-29-31-41(32-30-40)70-35-39-25-19-16-20-26-39/h15-20,23-26,29-32,36-37,42-43,46-48,60-61H,4-14,21-22,27-28,33-35H2,1-3H3,(H2,54,64)(H,55,67)(H,56,65)(H,57,62)(H,58,63)(H,59,66)(H,68,69)/t36?,37?,42-,43?,46+,47-,48+/m0/s1. The van der Waals surface area contributed by atoms with Gasteiger partial charge in [0, 0.05) is 19.3 Å². The van der Waals surface area contributed by atoms with Crippen LogP contribution < -0.4 is 37.1 Å². The number of unbranched alkanes of at least 4 members (excludes halogenated alkanes) is 11. The summed E-state index contributed by atoms with van der Waals surface area (Å²) in [6.07, 6.45) is 11.0. The molecular formula is C53H76N6O11. The fraction of sp³-hybridized carbons (Fsp3) is 0.528. The van der Waals surface area contributed by atoms with Gasteiger partial charge in [0.2, 0.25) is 35.4 Å². The highest BCUT2D eigenvalue weighted by Crippen LogP contribution is 2.21. The minimum atomic E-state index is -1.33. The Morgan fingerprint density at radius 1 is 0.571 bits per heavy atom. The third-order valence-electron chi connectivity index (χ3n) is 12.2. The second kappa shape index (κ2) is 32.5. The van der Waals surface area contributed by atoms with Crippen LogP contribution in [0.3, 0.4) is 0 Å². The number of aliphatic hydroxyl groups is 2. The summed E-state index contributed by atoms with van der Waals surface area (Å²) in [7, 11) is 0. The Bertz CT molecular complexity index is 2060. The number of carboxylic acid groups (broad SMARTS) is 1. The van der Waals surface area contributed by atoms with Crippen molar-refractivity contribution in [1.29, 1.82) is 0 Å². The Kier molecular flexibility index (Phi) is 26.9. The molecule has 17 heteroatoms. The summed E-state index contributed by atoms with van der Waals surface area (Å²) >= 11 is 0. The van der Waals surface area contributed by atoms with Gasteiger partial charge in [0.15, 0.2) is 0 Å². The lowest BCUT2D eigenvalue weighted by Crippen LogP contribution is -2.60. The van der Waals surface area contributed by atoms with Crippen LogP contribution in [0.4, 0.5) is 0 Å². The second-order valence-corrected chi connectivity index (χ2v) is 18.0. The third kappa shape index (κ3) is 22.0. The van der Waals surface area contributed by atoms with Gasteiger partial charge in [0.05, 0.1) is 12.7 Å². The van der Waals surface area contributed by atoms with Crippen molar-refractivity contribution >= 4 is 41.4 Å². The van der Waals surface area contributed by atoms with Crippen molar-refractivity contribution in [2.24, 2.45) is 11.7 Å². The van der Waals surface area contributed by atoms with Crippen molar-refractivity contribution in [2.45, 2.75) is 166 Å². The molecule has 3 aromatic carbocycles. The number of carbonyl (C=O) groups excluding carboxylic acids is 6. The normalized spacial score (nSPS) is 14.1. The summed E-state index contributed by atoms with van der Waals surface area (Å²) < 4.78 is 5.91. The van der Waals surface area contributed by atoms with E-state index in [0.29, 0.717) is 37.2 Å². The second-order valence-electron chi connectivity index (χ2n) is 18.0. The molecule has 10 N–H and O–H groups in total. The molecule has 0 radical (unpaired) electrons. The van der Waals surface area contributed by atoms with Crippen molar-refractivity contribution in [3.8, 4) is 5.75 Å². The summed E-state index contributed by atoms with van der Waals surface area (Å²) in [6.45, 7) is 4.55. The smallest absolute Gasteiger partial charge is 0.326 e. The van der Waals surface area contributed by atoms with E-state index in [9.17, 15) is 48.9 Å². The summed E-state index contributed by atoms with van der Waals surface area (Å²) in [5.41, 5.74) is 7.47. The number of carboxylic acids is 1. The highest BCUT2D eigenvalue weighted by atomic mass is 16.5. The topological polar surface area (TPSA) is 276 Å². The summed E-state index contributed by atoms with van der Waals surface area (Å²) in [5.74, 6) is -4.69. The number of amides is 6. The van der Waals surface area contributed by atoms with Crippen LogP contribution >= 0.6 is 0 Å². The molecule has 7 atom stereocenters. The Morgan fingerprint density at radius 3 is 1.51 bits per heavy atom. The van der Waals surface area contributed by atoms with Crippen molar-refractivity contribution in [3.05, 3.63) is 102 Å². The minimum absolute atomic E-state index is 0.0836. The molecule has 0 aliphatic heterocycles. The van der Waals surface area contributed by atoms with Crippen molar-refractivity contribution in [1.82, 2.24) is 26.6 Å². The van der Waals surface area contributed by atoms with Crippen LogP contribution in [0.1, 0.15) is 140 Å². The number of benzene rings is 3. The van der Waals surface area contributed by atoms with E-state index in [-0.39, 0.29) is 31.1 Å². The SMILES string of the molecule is CCC(C)[C@@H](NC(=O)[C@@H](NC(=O)CCCCCCCCCCCCCCC(=O)N[C@@H](C(=O)N[C@@H](Cc1ccccc1)C(=O)O)c1ccc(OCc2ccccc2)cc1)C(C)O)C(=O)NC(CO)C(N)=O. The molecule has 6 amide bonds. The molecule has 3 aromatic rings. The predicted molar refractivity (Wildman–Crippen MR) is 266 cm³/mol. The van der Waals surface area contributed by atoms with Gasteiger partial charge in [-0.2, -0.15) is 0 Å². The van der Waals surface area contributed by atoms with Gasteiger partial charge in [-0.3, -0.25) is 28.8 Å². The zero-order chi connectivity index (χ0) is 51.3. The summed E-state index contributed by atoms with van der Waals surface area (Å²) in [6, 6.07) is 19.5. The lowest BCUT2D eigenvalue weighted by Gasteiger charge is -2.28. The first kappa shape index (κ1) is 58.0. The Morgan fingerprint density at radius 2 is 1.04 bits per heavy atom. The maximum absolute atomic E-state index is 13.7. The van der Waals surface area contributed by atoms with Gasteiger partial charge in [-0.05, 0) is 54.5 Å². The number of aliphatic hydroxyl groups excluding tert-OH is 2. The number of ether oxygens (including phenoxy) is 1. The van der Waals surface area contributed by atoms with Crippen LogP contribution in [0, 0.1) is 5.92 Å². The predicted octanol–water partition coefficient (Wildman–Crippen LogP) is 5.06. The Hall–Kier alpha value is -6.33. The number of hydrogen-bond donors (Lipinski definition) is 9. The van der Waals surface area contributed by atoms with E-state index in [4.69, 9.17) is 10.5 Å². The van der Waals surface area contributed by atoms with Gasteiger partial charge in [0.25, 0.3) is 0 Å². The van der Waals surface area contributed by atoms with E-state index in [1.54, 1.807) is 55.5 Å². The van der Waals surface area contributed by atoms with Crippen molar-refractivity contribution in [3.63, 3.8) is 0 Å². The molecule has 0 spiro atoms. The van der Waals surface area contributed by atoms with E-state index >= 15 is 0 Å². The zero-order valence-corrected chi connectivity index (χ0v) is 41.0. The molecule has 0 saturated heterocycles. The molecule has 0 bridgehead atoms. The fourth-order valence-electron chi connectivity index (χ4n) is 7.74. The van der Waals surface area contributed by atoms with Crippen molar-refractivity contribution in [2.75, 3.05) is 6.61 Å². The lowest BCUT2D eigenvalue weighted by atomic mass is 9.97. The van der Waals surface area contributed by atoms with Gasteiger partial charge >= 0.3 is 5.97 Å². The maximum Gasteiger partial charge on any atom is 0.326 e. The number of carbonyl (C=O) groups is 7. The molecule has 3 unspecified atom stereocenters. The average Bonchev–Trinajstić information content (AvgIpc) is 3.35. The average molecular weight is 973 g/mol. The molecule has 0 aliphatic rings. The molecule has 0 fully saturated rings. The molecule has 70 heavy (non-hydrogen) atoms. The van der Waals surface area contributed by atoms with E-state index in [1.165, 1.54) is 6.92 Å². The van der Waals surface area contributed by atoms with E-state index in [1.807, 2.05) is 43.3 Å². The third-order valence-corrected chi connectivity index (χ3v) is 12.2. The molecule has 0 heterocycles. The van der Waals surface area contributed by atoms with Crippen molar-refractivity contribution < 1.29 is 53.6 Å². The number of hydrogen-bond acceptors (Lipinski definition) is 10. The molecule has 3 rings (SSSR count). The first-order chi connectivity index (χ1) is 33.6. The van der Waals surface area contributed by atoms with E-state index in [0.717, 1.165) is 75.3 Å². The largest absolute Gasteiger partial charge is 0.489 e. The van der Waals surface area contributed by atoms with Crippen LogP contribution in [0.15, 0.2) is 84.9 Å². The van der Waals surface area contributed by atoms with E-state index in [2.05, 4.69) is 26.6 Å². The molecule has 0 aromatic heterocycles. The van der Waals surface area contributed by atoms with Crippen LogP contribution in [-0.4, -0.2) is 93.6 Å². The van der Waals surface area contributed by atoms with Gasteiger partial charge in [-0.25, -0.2) is 4.79 Å². The van der Waals surface area contributed by atoms with Gasteiger partial charge in [-0.15, -0.1) is 0 Å². The van der Waals surface area contributed by atoms with Gasteiger partial charge in [-0.1, -0.05) is 157 Å². The van der Waals surface area contributed by atoms with Crippen LogP contribution in [0.5, 0.6) is 5.75 Å². The quantitative estimate of drug-likeness (QED) is 0.0352. The van der Waals surface area contributed by atoms with Gasteiger partial charge in [0.1, 0.15) is 42.6 Å². The number of aliphatic carboxylic acids is 1. The van der Waals surface area contributed by atoms with E-state index < -0.39 is 78.4 Å². The lowest BCUT2D eigenvalue weighted by molar-refractivity contribution is -0.142. The monoisotopic (exact) mass is 973 g/mol. The molecule has 0 aliphatic carbocycles. The fourth-order valence-corrected chi connectivity index (χ4v) is 7.74. The number of nitrogens with one attached hydrogen (secondary N) is 5. The number of rotatable bonds is 35. The molecule has 17 nitrogen and oxygen atoms in total. The first-order valence-electron chi connectivity index (χ1n) is 24.7. The van der Waals surface area contributed by atoms with Gasteiger partial charge < -0.3 is 52.4 Å². The minimum Gasteiger partial charge on any atom is -0.489 e. The highest BCUT2D eigenvalue weighted by Gasteiger charge is 2.33. The highest BCUT2D eigenvalue weighted by molar-refractivity contribution is 5.94. The van der Waals surface area contributed by atoms with Crippen LogP contribution in [0.25, 0.3) is 0 Å².